The van der Waals surface area contributed by atoms with Gasteiger partial charge >= 0.3 is 0 Å². The van der Waals surface area contributed by atoms with Crippen LogP contribution in [0.25, 0.3) is 10.4 Å². The van der Waals surface area contributed by atoms with Crippen LogP contribution in [0.3, 0.4) is 0 Å². The largest absolute Gasteiger partial charge is 0.284 e. The van der Waals surface area contributed by atoms with Gasteiger partial charge in [0, 0.05) is 17.1 Å². The van der Waals surface area contributed by atoms with Crippen LogP contribution in [0.5, 0.6) is 0 Å². The molecule has 0 aliphatic rings. The molecule has 1 aromatic carbocycles. The zero-order chi connectivity index (χ0) is 12.0. The normalized spacial score (nSPS) is 10.6. The summed E-state index contributed by atoms with van der Waals surface area (Å²) in [5.41, 5.74) is 9.61. The van der Waals surface area contributed by atoms with Gasteiger partial charge in [0.15, 0.2) is 0 Å². The second-order valence-electron chi connectivity index (χ2n) is 3.28. The fraction of sp³-hybridized carbons (Fsp3) is 0.333. The van der Waals surface area contributed by atoms with E-state index in [1.54, 1.807) is 24.3 Å². The summed E-state index contributed by atoms with van der Waals surface area (Å²) in [6.45, 7) is 0.398. The van der Waals surface area contributed by atoms with E-state index in [-0.39, 0.29) is 0 Å². The number of rotatable bonds is 5. The highest BCUT2D eigenvalue weighted by Gasteiger charge is 2.00. The first-order chi connectivity index (χ1) is 7.51. The van der Waals surface area contributed by atoms with Crippen molar-refractivity contribution in [3.8, 4) is 0 Å². The molecule has 86 valence electrons. The summed E-state index contributed by atoms with van der Waals surface area (Å²) in [6, 6.07) is 6.93. The monoisotopic (exact) mass is 240 g/mol. The lowest BCUT2D eigenvalue weighted by Crippen LogP contribution is -2.09. The van der Waals surface area contributed by atoms with Crippen LogP contribution in [-0.4, -0.2) is 21.2 Å². The van der Waals surface area contributed by atoms with E-state index < -0.39 is 10.0 Å². The van der Waals surface area contributed by atoms with Crippen molar-refractivity contribution < 1.29 is 8.42 Å². The summed E-state index contributed by atoms with van der Waals surface area (Å²) < 4.78 is 24.2. The molecule has 0 fully saturated rings. The van der Waals surface area contributed by atoms with Crippen molar-refractivity contribution in [1.29, 1.82) is 0 Å². The lowest BCUT2D eigenvalue weighted by Gasteiger charge is -2.04. The summed E-state index contributed by atoms with van der Waals surface area (Å²) >= 11 is 0. The van der Waals surface area contributed by atoms with Crippen molar-refractivity contribution in [1.82, 2.24) is 0 Å². The second kappa shape index (κ2) is 5.39. The minimum absolute atomic E-state index is 0.398. The first-order valence-corrected chi connectivity index (χ1v) is 6.48. The first kappa shape index (κ1) is 12.4. The number of azide groups is 1. The quantitative estimate of drug-likeness (QED) is 0.483. The Labute approximate surface area is 94.0 Å². The zero-order valence-corrected chi connectivity index (χ0v) is 9.61. The number of nitrogens with zero attached hydrogens (tertiary/aromatic N) is 3. The molecule has 0 amide bonds. The van der Waals surface area contributed by atoms with Gasteiger partial charge in [-0.15, -0.1) is 0 Å². The van der Waals surface area contributed by atoms with Gasteiger partial charge in [0.25, 0.3) is 0 Å². The van der Waals surface area contributed by atoms with Crippen LogP contribution in [0.2, 0.25) is 0 Å². The molecule has 16 heavy (non-hydrogen) atoms. The molecule has 0 radical (unpaired) electrons. The molecule has 0 spiro atoms. The van der Waals surface area contributed by atoms with Crippen molar-refractivity contribution in [3.63, 3.8) is 0 Å². The predicted molar refractivity (Wildman–Crippen MR) is 62.6 cm³/mol. The third-order valence-corrected chi connectivity index (χ3v) is 2.43. The summed E-state index contributed by atoms with van der Waals surface area (Å²) in [5.74, 6) is 0. The molecule has 1 rings (SSSR count). The van der Waals surface area contributed by atoms with Gasteiger partial charge in [-0.3, -0.25) is 4.72 Å². The molecular formula is C9H12N4O2S. The van der Waals surface area contributed by atoms with Crippen LogP contribution < -0.4 is 4.72 Å². The van der Waals surface area contributed by atoms with Crippen LogP contribution in [0.4, 0.5) is 5.69 Å². The van der Waals surface area contributed by atoms with Gasteiger partial charge in [0.05, 0.1) is 6.26 Å². The van der Waals surface area contributed by atoms with Crippen LogP contribution in [0.1, 0.15) is 5.56 Å². The van der Waals surface area contributed by atoms with Crippen molar-refractivity contribution in [2.24, 2.45) is 5.11 Å². The lowest BCUT2D eigenvalue weighted by atomic mass is 10.1. The smallest absolute Gasteiger partial charge is 0.229 e. The molecule has 7 heteroatoms. The van der Waals surface area contributed by atoms with Crippen molar-refractivity contribution in [2.45, 2.75) is 6.42 Å². The molecule has 0 bridgehead atoms. The van der Waals surface area contributed by atoms with Crippen LogP contribution >= 0.6 is 0 Å². The van der Waals surface area contributed by atoms with E-state index in [4.69, 9.17) is 5.53 Å². The molecule has 0 atom stereocenters. The molecule has 0 aliphatic heterocycles. The summed E-state index contributed by atoms with van der Waals surface area (Å²) in [7, 11) is -3.23. The van der Waals surface area contributed by atoms with Gasteiger partial charge in [0.2, 0.25) is 10.0 Å². The first-order valence-electron chi connectivity index (χ1n) is 4.59. The Morgan fingerprint density at radius 1 is 1.38 bits per heavy atom. The maximum atomic E-state index is 10.9. The van der Waals surface area contributed by atoms with Gasteiger partial charge in [-0.2, -0.15) is 0 Å². The SMILES string of the molecule is CS(=O)(=O)Nc1ccc(CCN=[N+]=[N-])cc1. The fourth-order valence-corrected chi connectivity index (χ4v) is 1.74. The predicted octanol–water partition coefficient (Wildman–Crippen LogP) is 1.91. The molecule has 0 heterocycles. The van der Waals surface area contributed by atoms with Gasteiger partial charge in [-0.05, 0) is 29.6 Å². The minimum atomic E-state index is -3.23. The molecular weight excluding hydrogens is 228 g/mol. The topological polar surface area (TPSA) is 94.9 Å². The van der Waals surface area contributed by atoms with E-state index in [1.165, 1.54) is 0 Å². The van der Waals surface area contributed by atoms with Crippen LogP contribution in [0.15, 0.2) is 29.4 Å². The second-order valence-corrected chi connectivity index (χ2v) is 5.02. The molecule has 0 saturated heterocycles. The molecule has 1 N–H and O–H groups in total. The van der Waals surface area contributed by atoms with Crippen LogP contribution in [-0.2, 0) is 16.4 Å². The molecule has 6 nitrogen and oxygen atoms in total. The third-order valence-electron chi connectivity index (χ3n) is 1.82. The highest BCUT2D eigenvalue weighted by atomic mass is 32.2. The summed E-state index contributed by atoms with van der Waals surface area (Å²) in [5, 5.41) is 3.42. The van der Waals surface area contributed by atoms with E-state index in [0.717, 1.165) is 11.8 Å². The standard InChI is InChI=1S/C9H12N4O2S/c1-16(14,15)12-9-4-2-8(3-5-9)6-7-11-13-10/h2-5,12H,6-7H2,1H3. The average molecular weight is 240 g/mol. The van der Waals surface area contributed by atoms with E-state index in [0.29, 0.717) is 18.7 Å². The van der Waals surface area contributed by atoms with E-state index in [1.807, 2.05) is 0 Å². The number of sulfonamides is 1. The lowest BCUT2D eigenvalue weighted by molar-refractivity contribution is 0.607. The summed E-state index contributed by atoms with van der Waals surface area (Å²) in [4.78, 5) is 2.65. The molecule has 0 aromatic heterocycles. The maximum absolute atomic E-state index is 10.9. The number of benzene rings is 1. The Morgan fingerprint density at radius 2 is 2.00 bits per heavy atom. The average Bonchev–Trinajstić information content (AvgIpc) is 2.19. The number of nitrogens with one attached hydrogen (secondary N) is 1. The third kappa shape index (κ3) is 4.68. The Balaban J connectivity index is 2.64. The van der Waals surface area contributed by atoms with E-state index in [9.17, 15) is 8.42 Å². The highest BCUT2D eigenvalue weighted by Crippen LogP contribution is 2.11. The molecule has 0 unspecified atom stereocenters. The molecule has 1 aromatic rings. The van der Waals surface area contributed by atoms with Gasteiger partial charge in [-0.25, -0.2) is 8.42 Å². The zero-order valence-electron chi connectivity index (χ0n) is 8.79. The van der Waals surface area contributed by atoms with Crippen molar-refractivity contribution in [3.05, 3.63) is 40.3 Å². The minimum Gasteiger partial charge on any atom is -0.284 e. The number of hydrogen-bond acceptors (Lipinski definition) is 3. The number of hydrogen-bond donors (Lipinski definition) is 1. The highest BCUT2D eigenvalue weighted by molar-refractivity contribution is 7.92. The Hall–Kier alpha value is -1.72. The number of anilines is 1. The van der Waals surface area contributed by atoms with Gasteiger partial charge < -0.3 is 0 Å². The van der Waals surface area contributed by atoms with Crippen LogP contribution in [0, 0.1) is 0 Å². The maximum Gasteiger partial charge on any atom is 0.229 e. The van der Waals surface area contributed by atoms with Crippen molar-refractivity contribution in [2.75, 3.05) is 17.5 Å². The molecule has 0 aliphatic carbocycles. The van der Waals surface area contributed by atoms with E-state index in [2.05, 4.69) is 14.7 Å². The summed E-state index contributed by atoms with van der Waals surface area (Å²) in [6.07, 6.45) is 1.74. The molecule has 0 saturated carbocycles. The van der Waals surface area contributed by atoms with Gasteiger partial charge in [0.1, 0.15) is 0 Å². The fourth-order valence-electron chi connectivity index (χ4n) is 1.18. The Kier molecular flexibility index (Phi) is 4.16. The Morgan fingerprint density at radius 3 is 2.50 bits per heavy atom. The van der Waals surface area contributed by atoms with Gasteiger partial charge in [-0.1, -0.05) is 17.2 Å². The van der Waals surface area contributed by atoms with Crippen molar-refractivity contribution >= 4 is 15.7 Å². The van der Waals surface area contributed by atoms with E-state index >= 15 is 0 Å². The Bertz CT molecular complexity index is 489.